The van der Waals surface area contributed by atoms with Gasteiger partial charge in [-0.2, -0.15) is 0 Å². The molecule has 1 N–H and O–H groups in total. The molecule has 166 valence electrons. The number of aliphatic imine (C=N–C) groups is 1. The molecular formula is C24H39N5O. The Bertz CT molecular complexity index is 681. The highest BCUT2D eigenvalue weighted by Gasteiger charge is 2.41. The number of nitrogens with one attached hydrogen (secondary N) is 1. The predicted octanol–water partition coefficient (Wildman–Crippen LogP) is 2.27. The first-order chi connectivity index (χ1) is 14.8. The molecule has 0 aromatic heterocycles. The zero-order valence-electron chi connectivity index (χ0n) is 18.8. The Kier molecular flexibility index (Phi) is 7.63. The molecule has 3 aliphatic rings. The van der Waals surface area contributed by atoms with Gasteiger partial charge in [-0.25, -0.2) is 0 Å². The SMILES string of the molecule is CCCN1CCC(CN=C(NCC)N2CC3OCCN(Cc4ccccc4)C3C2)C1. The van der Waals surface area contributed by atoms with Crippen LogP contribution in [0.2, 0.25) is 0 Å². The van der Waals surface area contributed by atoms with Crippen LogP contribution in [0.3, 0.4) is 0 Å². The summed E-state index contributed by atoms with van der Waals surface area (Å²) < 4.78 is 6.17. The average molecular weight is 414 g/mol. The van der Waals surface area contributed by atoms with E-state index in [1.807, 2.05) is 0 Å². The normalized spacial score (nSPS) is 28.1. The summed E-state index contributed by atoms with van der Waals surface area (Å²) in [7, 11) is 0. The number of hydrogen-bond acceptors (Lipinski definition) is 4. The molecule has 0 radical (unpaired) electrons. The van der Waals surface area contributed by atoms with Crippen LogP contribution in [0.4, 0.5) is 0 Å². The van der Waals surface area contributed by atoms with Gasteiger partial charge in [-0.3, -0.25) is 9.89 Å². The summed E-state index contributed by atoms with van der Waals surface area (Å²) in [5.74, 6) is 1.77. The van der Waals surface area contributed by atoms with Crippen molar-refractivity contribution < 1.29 is 4.74 Å². The fourth-order valence-electron chi connectivity index (χ4n) is 5.17. The molecule has 0 amide bonds. The Morgan fingerprint density at radius 2 is 2.00 bits per heavy atom. The minimum atomic E-state index is 0.276. The molecule has 30 heavy (non-hydrogen) atoms. The second-order valence-corrected chi connectivity index (χ2v) is 8.99. The Morgan fingerprint density at radius 1 is 1.13 bits per heavy atom. The van der Waals surface area contributed by atoms with E-state index >= 15 is 0 Å². The molecule has 3 saturated heterocycles. The van der Waals surface area contributed by atoms with Gasteiger partial charge >= 0.3 is 0 Å². The van der Waals surface area contributed by atoms with Crippen molar-refractivity contribution in [3.05, 3.63) is 35.9 Å². The second-order valence-electron chi connectivity index (χ2n) is 8.99. The highest BCUT2D eigenvalue weighted by molar-refractivity contribution is 5.80. The summed E-state index contributed by atoms with van der Waals surface area (Å²) in [5.41, 5.74) is 1.38. The van der Waals surface area contributed by atoms with Gasteiger partial charge in [0.15, 0.2) is 5.96 Å². The first-order valence-corrected chi connectivity index (χ1v) is 11.9. The highest BCUT2D eigenvalue weighted by Crippen LogP contribution is 2.25. The van der Waals surface area contributed by atoms with E-state index in [0.717, 1.165) is 51.8 Å². The van der Waals surface area contributed by atoms with E-state index in [-0.39, 0.29) is 6.10 Å². The molecule has 0 spiro atoms. The van der Waals surface area contributed by atoms with Crippen LogP contribution in [-0.4, -0.2) is 91.8 Å². The molecular weight excluding hydrogens is 374 g/mol. The van der Waals surface area contributed by atoms with Gasteiger partial charge in [0.25, 0.3) is 0 Å². The lowest BCUT2D eigenvalue weighted by atomic mass is 10.1. The van der Waals surface area contributed by atoms with E-state index in [2.05, 4.69) is 64.2 Å². The number of benzene rings is 1. The van der Waals surface area contributed by atoms with E-state index in [0.29, 0.717) is 12.0 Å². The van der Waals surface area contributed by atoms with Crippen molar-refractivity contribution in [1.82, 2.24) is 20.0 Å². The van der Waals surface area contributed by atoms with Gasteiger partial charge in [-0.1, -0.05) is 37.3 Å². The smallest absolute Gasteiger partial charge is 0.194 e. The number of rotatable bonds is 7. The van der Waals surface area contributed by atoms with Crippen LogP contribution in [0, 0.1) is 5.92 Å². The van der Waals surface area contributed by atoms with Crippen LogP contribution in [-0.2, 0) is 11.3 Å². The zero-order valence-corrected chi connectivity index (χ0v) is 18.8. The fraction of sp³-hybridized carbons (Fsp3) is 0.708. The van der Waals surface area contributed by atoms with Crippen LogP contribution in [0.15, 0.2) is 35.3 Å². The molecule has 0 bridgehead atoms. The molecule has 1 aromatic carbocycles. The van der Waals surface area contributed by atoms with Gasteiger partial charge in [-0.05, 0) is 44.3 Å². The summed E-state index contributed by atoms with van der Waals surface area (Å²) >= 11 is 0. The maximum absolute atomic E-state index is 6.17. The lowest BCUT2D eigenvalue weighted by molar-refractivity contribution is -0.0502. The number of morpholine rings is 1. The first kappa shape index (κ1) is 21.6. The number of likely N-dealkylation sites (tertiary alicyclic amines) is 2. The van der Waals surface area contributed by atoms with E-state index in [1.54, 1.807) is 0 Å². The van der Waals surface area contributed by atoms with Crippen molar-refractivity contribution >= 4 is 5.96 Å². The van der Waals surface area contributed by atoms with E-state index < -0.39 is 0 Å². The van der Waals surface area contributed by atoms with Gasteiger partial charge in [-0.15, -0.1) is 0 Å². The van der Waals surface area contributed by atoms with Crippen LogP contribution in [0.5, 0.6) is 0 Å². The highest BCUT2D eigenvalue weighted by atomic mass is 16.5. The standard InChI is InChI=1S/C24H39N5O/c1-3-11-27-12-10-21(16-27)15-26-24(25-4-2)29-18-22-23(19-29)30-14-13-28(22)17-20-8-6-5-7-9-20/h5-9,21-23H,3-4,10-19H2,1-2H3,(H,25,26). The molecule has 4 rings (SSSR count). The molecule has 0 aliphatic carbocycles. The number of ether oxygens (including phenoxy) is 1. The summed E-state index contributed by atoms with van der Waals surface area (Å²) in [6, 6.07) is 11.3. The topological polar surface area (TPSA) is 43.3 Å². The van der Waals surface area contributed by atoms with Crippen molar-refractivity contribution in [3.63, 3.8) is 0 Å². The minimum Gasteiger partial charge on any atom is -0.373 e. The van der Waals surface area contributed by atoms with Crippen molar-refractivity contribution in [2.24, 2.45) is 10.9 Å². The molecule has 3 unspecified atom stereocenters. The number of nitrogens with zero attached hydrogens (tertiary/aromatic N) is 4. The third kappa shape index (κ3) is 5.34. The Hall–Kier alpha value is -1.63. The van der Waals surface area contributed by atoms with Gasteiger partial charge in [0.05, 0.1) is 18.8 Å². The number of fused-ring (bicyclic) bond motifs is 1. The molecule has 1 aromatic rings. The Morgan fingerprint density at radius 3 is 2.80 bits per heavy atom. The summed E-state index contributed by atoms with van der Waals surface area (Å²) in [6.07, 6.45) is 2.80. The van der Waals surface area contributed by atoms with E-state index in [1.165, 1.54) is 38.0 Å². The van der Waals surface area contributed by atoms with Crippen LogP contribution in [0.25, 0.3) is 0 Å². The maximum Gasteiger partial charge on any atom is 0.194 e. The summed E-state index contributed by atoms with van der Waals surface area (Å²) in [6.45, 7) is 14.7. The lowest BCUT2D eigenvalue weighted by Crippen LogP contribution is -2.50. The summed E-state index contributed by atoms with van der Waals surface area (Å²) in [5, 5.41) is 3.55. The van der Waals surface area contributed by atoms with Gasteiger partial charge in [0, 0.05) is 45.8 Å². The molecule has 0 saturated carbocycles. The van der Waals surface area contributed by atoms with Gasteiger partial charge in [0.2, 0.25) is 0 Å². The van der Waals surface area contributed by atoms with Crippen molar-refractivity contribution in [1.29, 1.82) is 0 Å². The minimum absolute atomic E-state index is 0.276. The van der Waals surface area contributed by atoms with Gasteiger partial charge < -0.3 is 19.9 Å². The molecule has 3 atom stereocenters. The first-order valence-electron chi connectivity index (χ1n) is 11.9. The zero-order chi connectivity index (χ0) is 20.8. The lowest BCUT2D eigenvalue weighted by Gasteiger charge is -2.36. The number of hydrogen-bond donors (Lipinski definition) is 1. The van der Waals surface area contributed by atoms with Gasteiger partial charge in [0.1, 0.15) is 0 Å². The third-order valence-electron chi connectivity index (χ3n) is 6.69. The van der Waals surface area contributed by atoms with E-state index in [4.69, 9.17) is 9.73 Å². The van der Waals surface area contributed by atoms with E-state index in [9.17, 15) is 0 Å². The molecule has 3 fully saturated rings. The van der Waals surface area contributed by atoms with Crippen LogP contribution < -0.4 is 5.32 Å². The summed E-state index contributed by atoms with van der Waals surface area (Å²) in [4.78, 5) is 12.7. The van der Waals surface area contributed by atoms with Crippen molar-refractivity contribution in [2.45, 2.75) is 45.4 Å². The third-order valence-corrected chi connectivity index (χ3v) is 6.69. The quantitative estimate of drug-likeness (QED) is 0.549. The second kappa shape index (κ2) is 10.6. The molecule has 3 aliphatic heterocycles. The maximum atomic E-state index is 6.17. The molecule has 3 heterocycles. The molecule has 6 heteroatoms. The van der Waals surface area contributed by atoms with Crippen molar-refractivity contribution in [3.8, 4) is 0 Å². The molecule has 6 nitrogen and oxygen atoms in total. The number of guanidine groups is 1. The monoisotopic (exact) mass is 413 g/mol. The van der Waals surface area contributed by atoms with Crippen molar-refractivity contribution in [2.75, 3.05) is 59.0 Å². The van der Waals surface area contributed by atoms with Crippen LogP contribution >= 0.6 is 0 Å². The fourth-order valence-corrected chi connectivity index (χ4v) is 5.17. The Labute approximate surface area is 182 Å². The predicted molar refractivity (Wildman–Crippen MR) is 123 cm³/mol. The Balaban J connectivity index is 1.37. The van der Waals surface area contributed by atoms with Crippen LogP contribution in [0.1, 0.15) is 32.3 Å². The average Bonchev–Trinajstić information content (AvgIpc) is 3.40. The largest absolute Gasteiger partial charge is 0.373 e.